The lowest BCUT2D eigenvalue weighted by molar-refractivity contribution is -0.117. The number of likely N-dealkylation sites (N-methyl/N-ethyl adjacent to an activating group) is 1. The van der Waals surface area contributed by atoms with Crippen molar-refractivity contribution in [2.75, 3.05) is 26.0 Å². The summed E-state index contributed by atoms with van der Waals surface area (Å²) in [5.41, 5.74) is 3.12. The number of hydrogen-bond acceptors (Lipinski definition) is 2. The minimum absolute atomic E-state index is 0.00489. The van der Waals surface area contributed by atoms with Crippen molar-refractivity contribution < 1.29 is 4.79 Å². The van der Waals surface area contributed by atoms with Crippen LogP contribution in [0.2, 0.25) is 5.02 Å². The molecule has 4 rings (SSSR count). The predicted molar refractivity (Wildman–Crippen MR) is 111 cm³/mol. The summed E-state index contributed by atoms with van der Waals surface area (Å²) in [6.07, 6.45) is 2.97. The molecule has 0 saturated heterocycles. The molecule has 2 aromatic carbocycles. The van der Waals surface area contributed by atoms with Crippen LogP contribution in [0.4, 0.5) is 5.69 Å². The first-order valence-corrected chi connectivity index (χ1v) is 9.69. The maximum absolute atomic E-state index is 12.6. The smallest absolute Gasteiger partial charge is 0.228 e. The molecule has 1 heterocycles. The summed E-state index contributed by atoms with van der Waals surface area (Å²) in [6, 6.07) is 16.0. The lowest BCUT2D eigenvalue weighted by Gasteiger charge is -2.11. The van der Waals surface area contributed by atoms with Gasteiger partial charge in [0.2, 0.25) is 5.91 Å². The maximum atomic E-state index is 12.6. The van der Waals surface area contributed by atoms with E-state index in [0.29, 0.717) is 0 Å². The first-order valence-electron chi connectivity index (χ1n) is 9.32. The van der Waals surface area contributed by atoms with E-state index in [1.165, 1.54) is 5.52 Å². The molecule has 0 spiro atoms. The van der Waals surface area contributed by atoms with Gasteiger partial charge >= 0.3 is 0 Å². The minimum atomic E-state index is 0.00489. The molecule has 1 amide bonds. The van der Waals surface area contributed by atoms with Gasteiger partial charge in [-0.2, -0.15) is 0 Å². The summed E-state index contributed by atoms with van der Waals surface area (Å²) in [5, 5.41) is 4.97. The lowest BCUT2D eigenvalue weighted by Crippen LogP contribution is -2.17. The lowest BCUT2D eigenvalue weighted by atomic mass is 10.1. The Bertz CT molecular complexity index is 979. The number of benzene rings is 2. The summed E-state index contributed by atoms with van der Waals surface area (Å²) in [4.78, 5) is 14.8. The number of amides is 1. The Morgan fingerprint density at radius 1 is 1.22 bits per heavy atom. The van der Waals surface area contributed by atoms with Gasteiger partial charge in [-0.05, 0) is 62.3 Å². The molecule has 27 heavy (non-hydrogen) atoms. The van der Waals surface area contributed by atoms with Gasteiger partial charge in [0.25, 0.3) is 0 Å². The van der Waals surface area contributed by atoms with Crippen LogP contribution in [-0.2, 0) is 11.3 Å². The van der Waals surface area contributed by atoms with Crippen molar-refractivity contribution in [3.63, 3.8) is 0 Å². The molecule has 0 radical (unpaired) electrons. The number of carbonyl (C=O) groups excluding carboxylic acids is 1. The van der Waals surface area contributed by atoms with Crippen LogP contribution in [0.5, 0.6) is 0 Å². The SMILES string of the molecule is CN(C)CCn1ccc2cc(NC(=O)C3CC3c3ccccc3Cl)ccc21. The molecule has 3 aromatic rings. The molecule has 0 bridgehead atoms. The van der Waals surface area contributed by atoms with Crippen molar-refractivity contribution >= 4 is 34.1 Å². The Morgan fingerprint density at radius 2 is 2.04 bits per heavy atom. The summed E-state index contributed by atoms with van der Waals surface area (Å²) >= 11 is 6.27. The van der Waals surface area contributed by atoms with E-state index >= 15 is 0 Å². The summed E-state index contributed by atoms with van der Waals surface area (Å²) < 4.78 is 2.25. The van der Waals surface area contributed by atoms with Crippen LogP contribution < -0.4 is 5.32 Å². The number of nitrogens with zero attached hydrogens (tertiary/aromatic N) is 2. The van der Waals surface area contributed by atoms with Gasteiger partial charge in [-0.25, -0.2) is 0 Å². The van der Waals surface area contributed by atoms with Gasteiger partial charge in [-0.3, -0.25) is 4.79 Å². The Labute approximate surface area is 164 Å². The van der Waals surface area contributed by atoms with Gasteiger partial charge in [0.1, 0.15) is 0 Å². The third-order valence-electron chi connectivity index (χ3n) is 5.26. The molecule has 5 heteroatoms. The van der Waals surface area contributed by atoms with E-state index in [-0.39, 0.29) is 17.7 Å². The van der Waals surface area contributed by atoms with Gasteiger partial charge < -0.3 is 14.8 Å². The van der Waals surface area contributed by atoms with Gasteiger partial charge in [0.05, 0.1) is 0 Å². The Hall–Kier alpha value is -2.30. The number of rotatable bonds is 6. The van der Waals surface area contributed by atoms with Crippen LogP contribution >= 0.6 is 11.6 Å². The van der Waals surface area contributed by atoms with Crippen molar-refractivity contribution in [1.29, 1.82) is 0 Å². The third-order valence-corrected chi connectivity index (χ3v) is 5.60. The number of carbonyl (C=O) groups is 1. The quantitative estimate of drug-likeness (QED) is 0.677. The van der Waals surface area contributed by atoms with E-state index in [1.807, 2.05) is 36.4 Å². The zero-order valence-corrected chi connectivity index (χ0v) is 16.4. The molecule has 140 valence electrons. The summed E-state index contributed by atoms with van der Waals surface area (Å²) in [7, 11) is 4.15. The molecule has 1 saturated carbocycles. The van der Waals surface area contributed by atoms with Crippen molar-refractivity contribution in [2.45, 2.75) is 18.9 Å². The van der Waals surface area contributed by atoms with E-state index in [1.54, 1.807) is 0 Å². The average molecular weight is 382 g/mol. The first kappa shape index (κ1) is 18.1. The zero-order valence-electron chi connectivity index (χ0n) is 15.7. The molecule has 4 nitrogen and oxygen atoms in total. The fourth-order valence-corrected chi connectivity index (χ4v) is 3.90. The second-order valence-corrected chi connectivity index (χ2v) is 7.95. The van der Waals surface area contributed by atoms with Gasteiger partial charge in [0, 0.05) is 46.8 Å². The van der Waals surface area contributed by atoms with Crippen molar-refractivity contribution in [3.8, 4) is 0 Å². The summed E-state index contributed by atoms with van der Waals surface area (Å²) in [5.74, 6) is 0.311. The Balaban J connectivity index is 1.43. The van der Waals surface area contributed by atoms with Crippen LogP contribution in [0.15, 0.2) is 54.7 Å². The minimum Gasteiger partial charge on any atom is -0.346 e. The van der Waals surface area contributed by atoms with E-state index in [4.69, 9.17) is 11.6 Å². The Kier molecular flexibility index (Phi) is 4.94. The predicted octanol–water partition coefficient (Wildman–Crippen LogP) is 4.60. The van der Waals surface area contributed by atoms with Crippen LogP contribution in [0.25, 0.3) is 10.9 Å². The summed E-state index contributed by atoms with van der Waals surface area (Å²) in [6.45, 7) is 1.94. The maximum Gasteiger partial charge on any atom is 0.228 e. The number of nitrogens with one attached hydrogen (secondary N) is 1. The fraction of sp³-hybridized carbons (Fsp3) is 0.318. The van der Waals surface area contributed by atoms with Gasteiger partial charge in [-0.15, -0.1) is 0 Å². The molecular weight excluding hydrogens is 358 g/mol. The fourth-order valence-electron chi connectivity index (χ4n) is 3.62. The highest BCUT2D eigenvalue weighted by Gasteiger charge is 2.44. The molecule has 1 aromatic heterocycles. The van der Waals surface area contributed by atoms with Gasteiger partial charge in [-0.1, -0.05) is 29.8 Å². The molecule has 1 aliphatic carbocycles. The topological polar surface area (TPSA) is 37.3 Å². The number of fused-ring (bicyclic) bond motifs is 1. The van der Waals surface area contributed by atoms with E-state index in [2.05, 4.69) is 47.2 Å². The molecule has 1 aliphatic rings. The van der Waals surface area contributed by atoms with E-state index in [0.717, 1.165) is 41.2 Å². The first-order chi connectivity index (χ1) is 13.0. The standard InChI is InChI=1S/C22H24ClN3O/c1-25(2)11-12-26-10-9-15-13-16(7-8-21(15)26)24-22(27)19-14-18(19)17-5-3-4-6-20(17)23/h3-10,13,18-19H,11-12,14H2,1-2H3,(H,24,27). The van der Waals surface area contributed by atoms with E-state index in [9.17, 15) is 4.79 Å². The number of halogens is 1. The largest absolute Gasteiger partial charge is 0.346 e. The molecule has 2 unspecified atom stereocenters. The molecule has 1 N–H and O–H groups in total. The number of anilines is 1. The van der Waals surface area contributed by atoms with Crippen molar-refractivity contribution in [3.05, 3.63) is 65.3 Å². The van der Waals surface area contributed by atoms with Crippen molar-refractivity contribution in [1.82, 2.24) is 9.47 Å². The number of aromatic nitrogens is 1. The monoisotopic (exact) mass is 381 g/mol. The van der Waals surface area contributed by atoms with Crippen LogP contribution in [0.3, 0.4) is 0 Å². The second kappa shape index (κ2) is 7.37. The highest BCUT2D eigenvalue weighted by molar-refractivity contribution is 6.31. The molecule has 2 atom stereocenters. The second-order valence-electron chi connectivity index (χ2n) is 7.55. The average Bonchev–Trinajstić information content (AvgIpc) is 3.34. The normalized spacial score (nSPS) is 18.8. The van der Waals surface area contributed by atoms with Crippen LogP contribution in [-0.4, -0.2) is 36.0 Å². The Morgan fingerprint density at radius 3 is 2.81 bits per heavy atom. The van der Waals surface area contributed by atoms with Crippen LogP contribution in [0, 0.1) is 5.92 Å². The third kappa shape index (κ3) is 3.87. The van der Waals surface area contributed by atoms with E-state index < -0.39 is 0 Å². The highest BCUT2D eigenvalue weighted by atomic mass is 35.5. The van der Waals surface area contributed by atoms with Crippen molar-refractivity contribution in [2.24, 2.45) is 5.92 Å². The highest BCUT2D eigenvalue weighted by Crippen LogP contribution is 2.50. The zero-order chi connectivity index (χ0) is 19.0. The molecule has 1 fully saturated rings. The molecular formula is C22H24ClN3O. The molecule has 0 aliphatic heterocycles. The number of hydrogen-bond donors (Lipinski definition) is 1. The van der Waals surface area contributed by atoms with Crippen LogP contribution in [0.1, 0.15) is 17.9 Å². The van der Waals surface area contributed by atoms with Gasteiger partial charge in [0.15, 0.2) is 0 Å².